The lowest BCUT2D eigenvalue weighted by Crippen LogP contribution is -2.34. The van der Waals surface area contributed by atoms with Crippen molar-refractivity contribution in [1.82, 2.24) is 19.9 Å². The number of nitrogens with one attached hydrogen (secondary N) is 1. The van der Waals surface area contributed by atoms with E-state index < -0.39 is 0 Å². The molecule has 4 heterocycles. The third kappa shape index (κ3) is 3.23. The zero-order chi connectivity index (χ0) is 17.2. The number of aryl methyl sites for hydroxylation is 1. The Hall–Kier alpha value is -2.79. The zero-order valence-corrected chi connectivity index (χ0v) is 14.6. The van der Waals surface area contributed by atoms with Crippen LogP contribution in [0.5, 0.6) is 0 Å². The molecule has 3 aromatic rings. The minimum Gasteiger partial charge on any atom is -0.347 e. The maximum atomic E-state index is 9.20. The van der Waals surface area contributed by atoms with Crippen molar-refractivity contribution >= 4 is 38.3 Å². The van der Waals surface area contributed by atoms with E-state index in [2.05, 4.69) is 31.2 Å². The fourth-order valence-corrected chi connectivity index (χ4v) is 3.94. The van der Waals surface area contributed by atoms with Crippen LogP contribution in [0, 0.1) is 24.2 Å². The van der Waals surface area contributed by atoms with Crippen molar-refractivity contribution in [2.45, 2.75) is 19.8 Å². The second kappa shape index (κ2) is 6.61. The molecule has 0 bridgehead atoms. The van der Waals surface area contributed by atoms with Gasteiger partial charge in [0.15, 0.2) is 10.9 Å². The third-order valence-electron chi connectivity index (χ3n) is 4.20. The van der Waals surface area contributed by atoms with E-state index in [4.69, 9.17) is 4.98 Å². The SMILES string of the molecule is Cc1cnc(Nc2nccc3nc(N4CCCC(C#N)C4)sc23)cn1. The molecule has 1 N–H and O–H groups in total. The Kier molecular flexibility index (Phi) is 4.15. The predicted octanol–water partition coefficient (Wildman–Crippen LogP) is 3.27. The van der Waals surface area contributed by atoms with E-state index in [-0.39, 0.29) is 5.92 Å². The van der Waals surface area contributed by atoms with Crippen LogP contribution >= 0.6 is 11.3 Å². The number of pyridine rings is 1. The summed E-state index contributed by atoms with van der Waals surface area (Å²) in [5.41, 5.74) is 1.77. The molecule has 1 saturated heterocycles. The van der Waals surface area contributed by atoms with Gasteiger partial charge in [-0.15, -0.1) is 0 Å². The Labute approximate surface area is 149 Å². The summed E-state index contributed by atoms with van der Waals surface area (Å²) in [7, 11) is 0. The molecule has 3 aromatic heterocycles. The van der Waals surface area contributed by atoms with Gasteiger partial charge in [0.2, 0.25) is 0 Å². The lowest BCUT2D eigenvalue weighted by Gasteiger charge is -2.28. The molecule has 7 nitrogen and oxygen atoms in total. The van der Waals surface area contributed by atoms with Crippen LogP contribution in [0.4, 0.5) is 16.8 Å². The highest BCUT2D eigenvalue weighted by molar-refractivity contribution is 7.22. The van der Waals surface area contributed by atoms with Crippen molar-refractivity contribution in [3.05, 3.63) is 30.4 Å². The molecule has 1 fully saturated rings. The molecule has 0 aliphatic carbocycles. The molecule has 8 heteroatoms. The smallest absolute Gasteiger partial charge is 0.186 e. The van der Waals surface area contributed by atoms with Gasteiger partial charge >= 0.3 is 0 Å². The first kappa shape index (κ1) is 15.7. The third-order valence-corrected chi connectivity index (χ3v) is 5.33. The number of nitriles is 1. The van der Waals surface area contributed by atoms with E-state index in [1.54, 1.807) is 29.9 Å². The number of fused-ring (bicyclic) bond motifs is 1. The van der Waals surface area contributed by atoms with Gasteiger partial charge in [-0.3, -0.25) is 4.98 Å². The van der Waals surface area contributed by atoms with Crippen LogP contribution in [-0.2, 0) is 0 Å². The van der Waals surface area contributed by atoms with Crippen LogP contribution in [0.2, 0.25) is 0 Å². The van der Waals surface area contributed by atoms with Crippen molar-refractivity contribution < 1.29 is 0 Å². The summed E-state index contributed by atoms with van der Waals surface area (Å²) >= 11 is 1.60. The summed E-state index contributed by atoms with van der Waals surface area (Å²) in [5, 5.41) is 13.4. The highest BCUT2D eigenvalue weighted by Gasteiger charge is 2.22. The summed E-state index contributed by atoms with van der Waals surface area (Å²) in [5.74, 6) is 1.47. The lowest BCUT2D eigenvalue weighted by molar-refractivity contribution is 0.493. The molecule has 0 radical (unpaired) electrons. The van der Waals surface area contributed by atoms with E-state index in [1.165, 1.54) is 0 Å². The van der Waals surface area contributed by atoms with Gasteiger partial charge in [0.25, 0.3) is 0 Å². The summed E-state index contributed by atoms with van der Waals surface area (Å²) in [6.45, 7) is 3.59. The summed E-state index contributed by atoms with van der Waals surface area (Å²) < 4.78 is 0.985. The second-order valence-electron chi connectivity index (χ2n) is 6.09. The number of hydrogen-bond donors (Lipinski definition) is 1. The van der Waals surface area contributed by atoms with Gasteiger partial charge in [-0.25, -0.2) is 15.0 Å². The molecule has 1 aliphatic rings. The fraction of sp³-hybridized carbons (Fsp3) is 0.353. The Bertz CT molecular complexity index is 928. The first-order valence-corrected chi connectivity index (χ1v) is 9.00. The van der Waals surface area contributed by atoms with E-state index >= 15 is 0 Å². The highest BCUT2D eigenvalue weighted by atomic mass is 32.1. The monoisotopic (exact) mass is 351 g/mol. The minimum absolute atomic E-state index is 0.0827. The Morgan fingerprint density at radius 1 is 1.32 bits per heavy atom. The average molecular weight is 351 g/mol. The summed E-state index contributed by atoms with van der Waals surface area (Å²) in [4.78, 5) is 20.0. The zero-order valence-electron chi connectivity index (χ0n) is 13.8. The molecule has 1 unspecified atom stereocenters. The van der Waals surface area contributed by atoms with Crippen molar-refractivity contribution in [3.8, 4) is 6.07 Å². The summed E-state index contributed by atoms with van der Waals surface area (Å²) in [6, 6.07) is 4.29. The topological polar surface area (TPSA) is 90.6 Å². The van der Waals surface area contributed by atoms with Crippen LogP contribution in [0.25, 0.3) is 10.2 Å². The van der Waals surface area contributed by atoms with Gasteiger partial charge in [0.1, 0.15) is 5.82 Å². The highest BCUT2D eigenvalue weighted by Crippen LogP contribution is 2.35. The van der Waals surface area contributed by atoms with Crippen LogP contribution in [-0.4, -0.2) is 33.0 Å². The number of rotatable bonds is 3. The van der Waals surface area contributed by atoms with Gasteiger partial charge in [0, 0.05) is 19.3 Å². The molecule has 0 amide bonds. The van der Waals surface area contributed by atoms with Gasteiger partial charge < -0.3 is 10.2 Å². The Morgan fingerprint density at radius 2 is 2.24 bits per heavy atom. The van der Waals surface area contributed by atoms with E-state index in [0.717, 1.165) is 52.8 Å². The maximum Gasteiger partial charge on any atom is 0.186 e. The summed E-state index contributed by atoms with van der Waals surface area (Å²) in [6.07, 6.45) is 7.15. The maximum absolute atomic E-state index is 9.20. The van der Waals surface area contributed by atoms with E-state index in [1.807, 2.05) is 13.0 Å². The Balaban J connectivity index is 1.64. The van der Waals surface area contributed by atoms with Crippen LogP contribution in [0.1, 0.15) is 18.5 Å². The molecular formula is C17H17N7S. The number of anilines is 3. The van der Waals surface area contributed by atoms with Crippen molar-refractivity contribution in [2.75, 3.05) is 23.3 Å². The normalized spacial score (nSPS) is 17.4. The van der Waals surface area contributed by atoms with Crippen LogP contribution < -0.4 is 10.2 Å². The number of piperidine rings is 1. The molecule has 126 valence electrons. The number of hydrogen-bond acceptors (Lipinski definition) is 8. The standard InChI is InChI=1S/C17H17N7S/c1-11-8-21-14(9-20-11)23-16-15-13(4-5-19-16)22-17(25-15)24-6-2-3-12(7-18)10-24/h4-5,8-9,12H,2-3,6,10H2,1H3,(H,19,21,23). The van der Waals surface area contributed by atoms with Crippen molar-refractivity contribution in [1.29, 1.82) is 5.26 Å². The largest absolute Gasteiger partial charge is 0.347 e. The molecule has 1 aliphatic heterocycles. The lowest BCUT2D eigenvalue weighted by atomic mass is 10.0. The van der Waals surface area contributed by atoms with Crippen molar-refractivity contribution in [3.63, 3.8) is 0 Å². The number of nitrogens with zero attached hydrogens (tertiary/aromatic N) is 6. The average Bonchev–Trinajstić information content (AvgIpc) is 3.09. The van der Waals surface area contributed by atoms with Crippen LogP contribution in [0.3, 0.4) is 0 Å². The first-order chi connectivity index (χ1) is 12.2. The molecule has 25 heavy (non-hydrogen) atoms. The molecule has 4 rings (SSSR count). The molecule has 1 atom stereocenters. The van der Waals surface area contributed by atoms with E-state index in [0.29, 0.717) is 5.82 Å². The Morgan fingerprint density at radius 3 is 3.04 bits per heavy atom. The molecule has 0 saturated carbocycles. The van der Waals surface area contributed by atoms with E-state index in [9.17, 15) is 5.26 Å². The van der Waals surface area contributed by atoms with Crippen LogP contribution in [0.15, 0.2) is 24.7 Å². The quantitative estimate of drug-likeness (QED) is 0.774. The first-order valence-electron chi connectivity index (χ1n) is 8.19. The van der Waals surface area contributed by atoms with Gasteiger partial charge in [-0.2, -0.15) is 5.26 Å². The second-order valence-corrected chi connectivity index (χ2v) is 7.06. The predicted molar refractivity (Wildman–Crippen MR) is 98.0 cm³/mol. The van der Waals surface area contributed by atoms with Crippen molar-refractivity contribution in [2.24, 2.45) is 5.92 Å². The molecule has 0 aromatic carbocycles. The fourth-order valence-electron chi connectivity index (χ4n) is 2.90. The molecule has 0 spiro atoms. The van der Waals surface area contributed by atoms with Gasteiger partial charge in [0.05, 0.1) is 40.3 Å². The minimum atomic E-state index is 0.0827. The molecular weight excluding hydrogens is 334 g/mol. The van der Waals surface area contributed by atoms with Gasteiger partial charge in [-0.05, 0) is 25.8 Å². The number of thiazole rings is 1. The van der Waals surface area contributed by atoms with Gasteiger partial charge in [-0.1, -0.05) is 11.3 Å². The number of aromatic nitrogens is 4.